The van der Waals surface area contributed by atoms with Gasteiger partial charge in [-0.25, -0.2) is 0 Å². The molecule has 4 aromatic heterocycles. The van der Waals surface area contributed by atoms with E-state index in [4.69, 9.17) is 13.3 Å². The first kappa shape index (κ1) is 62.2. The fourth-order valence-corrected chi connectivity index (χ4v) is 25.7. The van der Waals surface area contributed by atoms with E-state index in [2.05, 4.69) is 283 Å². The summed E-state index contributed by atoms with van der Waals surface area (Å²) in [5, 5.41) is 9.43. The Morgan fingerprint density at radius 2 is 0.536 bits per heavy atom. The van der Waals surface area contributed by atoms with Crippen LogP contribution in [0.4, 0.5) is 34.1 Å². The van der Waals surface area contributed by atoms with E-state index in [1.54, 1.807) is 22.3 Å². The molecule has 0 radical (unpaired) electrons. The smallest absolute Gasteiger partial charge is 0.137 e. The zero-order chi connectivity index (χ0) is 71.7. The van der Waals surface area contributed by atoms with Crippen LogP contribution in [0, 0.1) is 47.3 Å². The van der Waals surface area contributed by atoms with Gasteiger partial charge in [-0.05, 0) is 288 Å². The van der Waals surface area contributed by atoms with Crippen molar-refractivity contribution in [1.82, 2.24) is 0 Å². The number of hydrogen-bond donors (Lipinski definition) is 0. The molecule has 0 aliphatic heterocycles. The summed E-state index contributed by atoms with van der Waals surface area (Å²) < 4.78 is 21.8. The van der Waals surface area contributed by atoms with Gasteiger partial charge in [-0.15, -0.1) is 11.3 Å². The molecule has 2 spiro atoms. The summed E-state index contributed by atoms with van der Waals surface area (Å²) in [5.41, 5.74) is 29.7. The molecule has 528 valence electrons. The van der Waals surface area contributed by atoms with Crippen LogP contribution in [-0.2, 0) is 10.8 Å². The molecule has 0 N–H and O–H groups in total. The molecule has 0 amide bonds. The van der Waals surface area contributed by atoms with Crippen molar-refractivity contribution in [3.8, 4) is 44.5 Å². The molecular formula is C104H78N2O3S. The number of fused-ring (bicyclic) bond motifs is 18. The van der Waals surface area contributed by atoms with Gasteiger partial charge in [0.05, 0.1) is 0 Å². The van der Waals surface area contributed by atoms with Crippen LogP contribution in [0.5, 0.6) is 0 Å². The first-order chi connectivity index (χ1) is 54.4. The summed E-state index contributed by atoms with van der Waals surface area (Å²) >= 11 is 1.86. The number of hydrogen-bond acceptors (Lipinski definition) is 6. The number of para-hydroxylation sites is 3. The summed E-state index contributed by atoms with van der Waals surface area (Å²) in [7, 11) is 0. The maximum atomic E-state index is 6.41. The lowest BCUT2D eigenvalue weighted by atomic mass is 9.43. The molecule has 4 heterocycles. The van der Waals surface area contributed by atoms with E-state index in [1.807, 2.05) is 41.7 Å². The topological polar surface area (TPSA) is 45.9 Å². The van der Waals surface area contributed by atoms with Gasteiger partial charge in [0, 0.05) is 116 Å². The van der Waals surface area contributed by atoms with Gasteiger partial charge in [-0.1, -0.05) is 176 Å². The molecule has 0 saturated heterocycles. The molecule has 14 aromatic carbocycles. The molecule has 8 saturated carbocycles. The first-order valence-electron chi connectivity index (χ1n) is 40.3. The Balaban J connectivity index is 0.000000126. The minimum absolute atomic E-state index is 0.199. The fourth-order valence-electron chi connectivity index (χ4n) is 24.6. The number of thiophene rings is 1. The number of rotatable bonds is 8. The monoisotopic (exact) mass is 1430 g/mol. The van der Waals surface area contributed by atoms with Gasteiger partial charge in [0.15, 0.2) is 0 Å². The summed E-state index contributed by atoms with van der Waals surface area (Å²) in [6.45, 7) is 0. The van der Waals surface area contributed by atoms with E-state index < -0.39 is 0 Å². The standard InChI is InChI=1S/C52H39NO2.C52H39NOS/c1-4-10-46-40(7-1)45-28-34(15-22-47(45)52(46)35-24-31-23-32(26-35)27-36(52)25-31)33-13-16-37(17-14-33)53(38-18-20-43-41-8-2-5-11-48(41)54-50(43)29-38)39-19-21-44-42-9-3-6-12-49(42)55-51(44)30-39;1-4-10-46-40(7-1)45-28-34(15-22-47(45)52(46)35-24-31-23-32(26-35)27-36(52)25-31)33-13-16-37(17-14-33)53(38-18-20-42-41-8-2-5-11-48(41)54-49(42)29-38)39-19-21-44-43-9-3-6-12-50(43)55-51(44)30-39/h2*1-22,28-32,35-36H,23-27H2. The lowest BCUT2D eigenvalue weighted by molar-refractivity contribution is -0.0399. The fraction of sp³-hybridized carbons (Fsp3) is 0.192. The van der Waals surface area contributed by atoms with Crippen molar-refractivity contribution in [3.63, 3.8) is 0 Å². The van der Waals surface area contributed by atoms with E-state index in [-0.39, 0.29) is 10.8 Å². The Kier molecular flexibility index (Phi) is 13.2. The third kappa shape index (κ3) is 8.97. The Morgan fingerprint density at radius 3 is 0.955 bits per heavy atom. The average molecular weight is 1440 g/mol. The zero-order valence-electron chi connectivity index (χ0n) is 61.1. The molecule has 5 nitrogen and oxygen atoms in total. The lowest BCUT2D eigenvalue weighted by Gasteiger charge is -2.61. The highest BCUT2D eigenvalue weighted by atomic mass is 32.1. The quantitative estimate of drug-likeness (QED) is 0.152. The summed E-state index contributed by atoms with van der Waals surface area (Å²) in [6.07, 6.45) is 14.3. The highest BCUT2D eigenvalue weighted by Gasteiger charge is 2.63. The minimum atomic E-state index is 0.199. The molecule has 0 unspecified atom stereocenters. The van der Waals surface area contributed by atoms with Crippen LogP contribution in [0.3, 0.4) is 0 Å². The van der Waals surface area contributed by atoms with Gasteiger partial charge >= 0.3 is 0 Å². The molecule has 28 rings (SSSR count). The zero-order valence-corrected chi connectivity index (χ0v) is 61.9. The predicted octanol–water partition coefficient (Wildman–Crippen LogP) is 29.2. The van der Waals surface area contributed by atoms with Crippen molar-refractivity contribution in [2.24, 2.45) is 47.3 Å². The van der Waals surface area contributed by atoms with Crippen LogP contribution >= 0.6 is 11.3 Å². The van der Waals surface area contributed by atoms with Gasteiger partial charge in [0.1, 0.15) is 33.5 Å². The van der Waals surface area contributed by atoms with Gasteiger partial charge in [-0.2, -0.15) is 0 Å². The second-order valence-electron chi connectivity index (χ2n) is 33.8. The van der Waals surface area contributed by atoms with Crippen LogP contribution in [0.15, 0.2) is 317 Å². The molecule has 110 heavy (non-hydrogen) atoms. The van der Waals surface area contributed by atoms with Crippen LogP contribution in [0.2, 0.25) is 0 Å². The van der Waals surface area contributed by atoms with E-state index >= 15 is 0 Å². The van der Waals surface area contributed by atoms with E-state index in [9.17, 15) is 0 Å². The normalized spacial score (nSPS) is 23.3. The molecule has 6 heteroatoms. The summed E-state index contributed by atoms with van der Waals surface area (Å²) in [6, 6.07) is 113. The van der Waals surface area contributed by atoms with Crippen molar-refractivity contribution < 1.29 is 13.3 Å². The highest BCUT2D eigenvalue weighted by molar-refractivity contribution is 7.25. The van der Waals surface area contributed by atoms with Crippen LogP contribution in [0.1, 0.15) is 86.5 Å². The van der Waals surface area contributed by atoms with Crippen LogP contribution in [0.25, 0.3) is 130 Å². The highest BCUT2D eigenvalue weighted by Crippen LogP contribution is 2.71. The Morgan fingerprint density at radius 1 is 0.227 bits per heavy atom. The average Bonchev–Trinajstić information content (AvgIpc) is 1.49. The van der Waals surface area contributed by atoms with E-state index in [0.29, 0.717) is 0 Å². The Labute approximate surface area is 642 Å². The number of furan rings is 3. The molecule has 10 aliphatic carbocycles. The van der Waals surface area contributed by atoms with Crippen molar-refractivity contribution in [2.45, 2.75) is 75.0 Å². The molecule has 0 atom stereocenters. The molecule has 18 aromatic rings. The summed E-state index contributed by atoms with van der Waals surface area (Å²) in [4.78, 5) is 4.70. The van der Waals surface area contributed by atoms with Gasteiger partial charge in [-0.3, -0.25) is 0 Å². The third-order valence-electron chi connectivity index (χ3n) is 28.5. The van der Waals surface area contributed by atoms with Crippen molar-refractivity contribution in [3.05, 3.63) is 326 Å². The van der Waals surface area contributed by atoms with E-state index in [0.717, 1.165) is 147 Å². The largest absolute Gasteiger partial charge is 0.456 e. The second kappa shape index (κ2) is 23.4. The molecular weight excluding hydrogens is 1360 g/mol. The molecule has 8 fully saturated rings. The maximum Gasteiger partial charge on any atom is 0.137 e. The van der Waals surface area contributed by atoms with Crippen molar-refractivity contribution >= 4 is 131 Å². The van der Waals surface area contributed by atoms with Crippen LogP contribution < -0.4 is 9.80 Å². The minimum Gasteiger partial charge on any atom is -0.456 e. The third-order valence-corrected chi connectivity index (χ3v) is 29.6. The van der Waals surface area contributed by atoms with E-state index in [1.165, 1.54) is 129 Å². The van der Waals surface area contributed by atoms with Gasteiger partial charge in [0.25, 0.3) is 0 Å². The molecule has 8 bridgehead atoms. The Hall–Kier alpha value is -11.7. The van der Waals surface area contributed by atoms with Gasteiger partial charge < -0.3 is 23.1 Å². The van der Waals surface area contributed by atoms with Crippen molar-refractivity contribution in [1.29, 1.82) is 0 Å². The SMILES string of the molecule is c1ccc2c(c1)-c1cc(-c3ccc(N(c4ccc5c(c4)oc4ccccc45)c4ccc5c(c4)oc4ccccc45)cc3)ccc1C21C2CC3CC(C2)CC1C3.c1ccc2c(c1)-c1cc(-c3ccc(N(c4ccc5c(c4)oc4ccccc45)c4ccc5c(c4)sc4ccccc45)cc3)ccc1C21C2CC3CC(C2)CC1C3. The number of benzene rings is 14. The second-order valence-corrected chi connectivity index (χ2v) is 34.9. The molecule has 10 aliphatic rings. The number of nitrogens with zero attached hydrogens (tertiary/aromatic N) is 2. The summed E-state index contributed by atoms with van der Waals surface area (Å²) in [5.74, 6) is 6.93. The predicted molar refractivity (Wildman–Crippen MR) is 454 cm³/mol. The maximum absolute atomic E-state index is 6.41. The Bertz CT molecular complexity index is 6170. The van der Waals surface area contributed by atoms with Crippen molar-refractivity contribution in [2.75, 3.05) is 9.80 Å². The number of anilines is 6. The van der Waals surface area contributed by atoms with Crippen LogP contribution in [-0.4, -0.2) is 0 Å². The first-order valence-corrected chi connectivity index (χ1v) is 41.1. The lowest BCUT2D eigenvalue weighted by Crippen LogP contribution is -2.55. The van der Waals surface area contributed by atoms with Gasteiger partial charge in [0.2, 0.25) is 0 Å².